The Morgan fingerprint density at radius 1 is 1.18 bits per heavy atom. The van der Waals surface area contributed by atoms with E-state index in [0.29, 0.717) is 24.2 Å². The highest BCUT2D eigenvalue weighted by molar-refractivity contribution is 14.1. The second kappa shape index (κ2) is 7.17. The Bertz CT molecular complexity index is 630. The predicted octanol–water partition coefficient (Wildman–Crippen LogP) is 4.14. The SMILES string of the molecule is O=C(NC1CCCC1)c1ccc(COc2ccc(I)cc2)o1. The average molecular weight is 411 g/mol. The molecular weight excluding hydrogens is 393 g/mol. The fourth-order valence-electron chi connectivity index (χ4n) is 2.59. The molecule has 22 heavy (non-hydrogen) atoms. The van der Waals surface area contributed by atoms with Crippen molar-refractivity contribution in [2.45, 2.75) is 38.3 Å². The minimum atomic E-state index is -0.132. The molecule has 1 aromatic carbocycles. The molecule has 1 N–H and O–H groups in total. The third-order valence-corrected chi connectivity index (χ3v) is 4.49. The molecule has 0 unspecified atom stereocenters. The molecule has 0 saturated heterocycles. The number of amides is 1. The zero-order valence-corrected chi connectivity index (χ0v) is 14.3. The molecule has 1 saturated carbocycles. The van der Waals surface area contributed by atoms with Crippen molar-refractivity contribution in [2.24, 2.45) is 0 Å². The lowest BCUT2D eigenvalue weighted by Crippen LogP contribution is -2.32. The zero-order valence-electron chi connectivity index (χ0n) is 12.2. The fraction of sp³-hybridized carbons (Fsp3) is 0.353. The molecule has 1 aromatic heterocycles. The molecule has 5 heteroatoms. The number of rotatable bonds is 5. The smallest absolute Gasteiger partial charge is 0.287 e. The summed E-state index contributed by atoms with van der Waals surface area (Å²) in [4.78, 5) is 12.1. The Kier molecular flexibility index (Phi) is 5.02. The molecule has 1 aliphatic rings. The van der Waals surface area contributed by atoms with Crippen molar-refractivity contribution in [2.75, 3.05) is 0 Å². The lowest BCUT2D eigenvalue weighted by Gasteiger charge is -2.10. The number of hydrogen-bond acceptors (Lipinski definition) is 3. The van der Waals surface area contributed by atoms with Crippen molar-refractivity contribution in [3.63, 3.8) is 0 Å². The fourth-order valence-corrected chi connectivity index (χ4v) is 2.95. The molecular formula is C17H18INO3. The maximum absolute atomic E-state index is 12.1. The molecule has 1 heterocycles. The molecule has 1 amide bonds. The summed E-state index contributed by atoms with van der Waals surface area (Å²) in [5.74, 6) is 1.66. The average Bonchev–Trinajstić information content (AvgIpc) is 3.18. The second-order valence-corrected chi connectivity index (χ2v) is 6.71. The van der Waals surface area contributed by atoms with Crippen LogP contribution in [-0.2, 0) is 6.61 Å². The number of furan rings is 1. The summed E-state index contributed by atoms with van der Waals surface area (Å²) in [6.07, 6.45) is 4.51. The molecule has 2 aromatic rings. The summed E-state index contributed by atoms with van der Waals surface area (Å²) >= 11 is 2.25. The number of halogens is 1. The topological polar surface area (TPSA) is 51.5 Å². The largest absolute Gasteiger partial charge is 0.486 e. The van der Waals surface area contributed by atoms with Gasteiger partial charge in [0, 0.05) is 9.61 Å². The number of hydrogen-bond donors (Lipinski definition) is 1. The first-order valence-electron chi connectivity index (χ1n) is 7.48. The second-order valence-electron chi connectivity index (χ2n) is 5.46. The van der Waals surface area contributed by atoms with E-state index in [1.165, 1.54) is 12.8 Å². The van der Waals surface area contributed by atoms with Gasteiger partial charge in [0.2, 0.25) is 0 Å². The highest BCUT2D eigenvalue weighted by atomic mass is 127. The van der Waals surface area contributed by atoms with Crippen LogP contribution in [0.5, 0.6) is 5.75 Å². The number of ether oxygens (including phenoxy) is 1. The number of nitrogens with one attached hydrogen (secondary N) is 1. The molecule has 0 aliphatic heterocycles. The van der Waals surface area contributed by atoms with Crippen molar-refractivity contribution in [1.29, 1.82) is 0 Å². The minimum absolute atomic E-state index is 0.132. The summed E-state index contributed by atoms with van der Waals surface area (Å²) in [7, 11) is 0. The lowest BCUT2D eigenvalue weighted by atomic mass is 10.2. The van der Waals surface area contributed by atoms with Gasteiger partial charge in [0.15, 0.2) is 5.76 Å². The first-order chi connectivity index (χ1) is 10.7. The van der Waals surface area contributed by atoms with Gasteiger partial charge in [-0.25, -0.2) is 0 Å². The van der Waals surface area contributed by atoms with Gasteiger partial charge >= 0.3 is 0 Å². The first-order valence-corrected chi connectivity index (χ1v) is 8.56. The van der Waals surface area contributed by atoms with E-state index in [-0.39, 0.29) is 5.91 Å². The van der Waals surface area contributed by atoms with E-state index in [2.05, 4.69) is 27.9 Å². The van der Waals surface area contributed by atoms with Crippen molar-refractivity contribution < 1.29 is 13.9 Å². The number of carbonyl (C=O) groups is 1. The van der Waals surface area contributed by atoms with Crippen LogP contribution in [0.4, 0.5) is 0 Å². The van der Waals surface area contributed by atoms with Crippen molar-refractivity contribution in [1.82, 2.24) is 5.32 Å². The van der Waals surface area contributed by atoms with E-state index in [4.69, 9.17) is 9.15 Å². The van der Waals surface area contributed by atoms with Crippen molar-refractivity contribution >= 4 is 28.5 Å². The van der Waals surface area contributed by atoms with Gasteiger partial charge < -0.3 is 14.5 Å². The van der Waals surface area contributed by atoms with Gasteiger partial charge in [-0.05, 0) is 71.8 Å². The third kappa shape index (κ3) is 4.03. The lowest BCUT2D eigenvalue weighted by molar-refractivity contribution is 0.0905. The van der Waals surface area contributed by atoms with Crippen LogP contribution in [0.1, 0.15) is 42.0 Å². The van der Waals surface area contributed by atoms with Crippen LogP contribution in [0.2, 0.25) is 0 Å². The van der Waals surface area contributed by atoms with Crippen LogP contribution in [0.3, 0.4) is 0 Å². The molecule has 0 atom stereocenters. The molecule has 0 spiro atoms. The normalized spacial score (nSPS) is 15.0. The Hall–Kier alpha value is -1.50. The highest BCUT2D eigenvalue weighted by Gasteiger charge is 2.19. The Morgan fingerprint density at radius 2 is 1.91 bits per heavy atom. The molecule has 1 aliphatic carbocycles. The van der Waals surface area contributed by atoms with Gasteiger partial charge in [0.05, 0.1) is 0 Å². The summed E-state index contributed by atoms with van der Waals surface area (Å²) in [5.41, 5.74) is 0. The molecule has 0 bridgehead atoms. The van der Waals surface area contributed by atoms with E-state index >= 15 is 0 Å². The molecule has 1 fully saturated rings. The summed E-state index contributed by atoms with van der Waals surface area (Å²) in [6.45, 7) is 0.317. The van der Waals surface area contributed by atoms with Crippen LogP contribution >= 0.6 is 22.6 Å². The molecule has 3 rings (SSSR count). The number of benzene rings is 1. The van der Waals surface area contributed by atoms with Crippen LogP contribution in [0, 0.1) is 3.57 Å². The van der Waals surface area contributed by atoms with Crippen LogP contribution in [0.15, 0.2) is 40.8 Å². The third-order valence-electron chi connectivity index (χ3n) is 3.77. The molecule has 0 radical (unpaired) electrons. The zero-order chi connectivity index (χ0) is 15.4. The van der Waals surface area contributed by atoms with Gasteiger partial charge in [-0.3, -0.25) is 4.79 Å². The van der Waals surface area contributed by atoms with Gasteiger partial charge in [-0.15, -0.1) is 0 Å². The van der Waals surface area contributed by atoms with Gasteiger partial charge in [-0.2, -0.15) is 0 Å². The summed E-state index contributed by atoms with van der Waals surface area (Å²) in [5, 5.41) is 3.01. The van der Waals surface area contributed by atoms with E-state index in [9.17, 15) is 4.79 Å². The monoisotopic (exact) mass is 411 g/mol. The number of carbonyl (C=O) groups excluding carboxylic acids is 1. The quantitative estimate of drug-likeness (QED) is 0.753. The summed E-state index contributed by atoms with van der Waals surface area (Å²) in [6, 6.07) is 11.6. The van der Waals surface area contributed by atoms with Gasteiger partial charge in [0.1, 0.15) is 18.1 Å². The first kappa shape index (κ1) is 15.4. The minimum Gasteiger partial charge on any atom is -0.486 e. The van der Waals surface area contributed by atoms with Crippen molar-refractivity contribution in [3.05, 3.63) is 51.5 Å². The Morgan fingerprint density at radius 3 is 2.64 bits per heavy atom. The van der Waals surface area contributed by atoms with Crippen LogP contribution in [0.25, 0.3) is 0 Å². The summed E-state index contributed by atoms with van der Waals surface area (Å²) < 4.78 is 12.4. The molecule has 116 valence electrons. The van der Waals surface area contributed by atoms with E-state index < -0.39 is 0 Å². The maximum Gasteiger partial charge on any atom is 0.287 e. The standard InChI is InChI=1S/C17H18INO3/c18-12-5-7-14(8-6-12)21-11-15-9-10-16(22-15)17(20)19-13-3-1-2-4-13/h5-10,13H,1-4,11H2,(H,19,20). The maximum atomic E-state index is 12.1. The Labute approximate surface area is 143 Å². The van der Waals surface area contributed by atoms with Gasteiger partial charge in [-0.1, -0.05) is 12.8 Å². The van der Waals surface area contributed by atoms with E-state index in [1.54, 1.807) is 12.1 Å². The van der Waals surface area contributed by atoms with E-state index in [0.717, 1.165) is 22.2 Å². The van der Waals surface area contributed by atoms with Gasteiger partial charge in [0.25, 0.3) is 5.91 Å². The van der Waals surface area contributed by atoms with Crippen LogP contribution in [-0.4, -0.2) is 11.9 Å². The molecule has 4 nitrogen and oxygen atoms in total. The predicted molar refractivity (Wildman–Crippen MR) is 91.9 cm³/mol. The van der Waals surface area contributed by atoms with E-state index in [1.807, 2.05) is 24.3 Å². The van der Waals surface area contributed by atoms with Crippen molar-refractivity contribution in [3.8, 4) is 5.75 Å². The van der Waals surface area contributed by atoms with Crippen LogP contribution < -0.4 is 10.1 Å². The Balaban J connectivity index is 1.54. The highest BCUT2D eigenvalue weighted by Crippen LogP contribution is 2.19.